The van der Waals surface area contributed by atoms with E-state index >= 15 is 0 Å². The minimum atomic E-state index is -3.58. The zero-order valence-electron chi connectivity index (χ0n) is 17.7. The van der Waals surface area contributed by atoms with Gasteiger partial charge in [-0.05, 0) is 36.6 Å². The average Bonchev–Trinajstić information content (AvgIpc) is 2.77. The molecule has 0 unspecified atom stereocenters. The maximum Gasteiger partial charge on any atom is 0.298 e. The van der Waals surface area contributed by atoms with Gasteiger partial charge in [-0.15, -0.1) is 0 Å². The number of hydrogen-bond acceptors (Lipinski definition) is 7. The summed E-state index contributed by atoms with van der Waals surface area (Å²) in [6.07, 6.45) is 2.35. The van der Waals surface area contributed by atoms with Crippen molar-refractivity contribution in [2.75, 3.05) is 32.9 Å². The molecule has 1 aliphatic heterocycles. The molecular weight excluding hydrogens is 456 g/mol. The number of hydrogen-bond donors (Lipinski definition) is 1. The molecule has 1 atom stereocenters. The predicted octanol–water partition coefficient (Wildman–Crippen LogP) is 0.720. The van der Waals surface area contributed by atoms with Gasteiger partial charge in [0.15, 0.2) is 0 Å². The lowest BCUT2D eigenvalue weighted by molar-refractivity contribution is -0.127. The number of nitrogens with zero attached hydrogens (tertiary/aromatic N) is 5. The zero-order chi connectivity index (χ0) is 23.5. The van der Waals surface area contributed by atoms with Crippen LogP contribution in [0.3, 0.4) is 0 Å². The highest BCUT2D eigenvalue weighted by Gasteiger charge is 2.35. The van der Waals surface area contributed by atoms with E-state index in [0.717, 1.165) is 6.26 Å². The Morgan fingerprint density at radius 1 is 1.19 bits per heavy atom. The van der Waals surface area contributed by atoms with Gasteiger partial charge in [0.2, 0.25) is 10.0 Å². The van der Waals surface area contributed by atoms with Crippen LogP contribution in [-0.4, -0.2) is 77.3 Å². The summed E-state index contributed by atoms with van der Waals surface area (Å²) in [4.78, 5) is 38.1. The van der Waals surface area contributed by atoms with E-state index < -0.39 is 22.0 Å². The lowest BCUT2D eigenvalue weighted by atomic mass is 10.0. The van der Waals surface area contributed by atoms with Crippen LogP contribution in [0.15, 0.2) is 24.5 Å². The summed E-state index contributed by atoms with van der Waals surface area (Å²) in [5.41, 5.74) is 1.36. The third-order valence-electron chi connectivity index (χ3n) is 4.87. The van der Waals surface area contributed by atoms with Crippen LogP contribution in [0.25, 0.3) is 11.4 Å². The summed E-state index contributed by atoms with van der Waals surface area (Å²) in [6.45, 7) is 2.01. The molecule has 1 N–H and O–H groups in total. The van der Waals surface area contributed by atoms with Gasteiger partial charge >= 0.3 is 0 Å². The highest BCUT2D eigenvalue weighted by molar-refractivity contribution is 7.88. The van der Waals surface area contributed by atoms with Crippen molar-refractivity contribution in [2.45, 2.75) is 13.0 Å². The Labute approximate surface area is 191 Å². The number of halogens is 1. The topological polar surface area (TPSA) is 125 Å². The highest BCUT2D eigenvalue weighted by atomic mass is 35.5. The smallest absolute Gasteiger partial charge is 0.298 e. The molecule has 3 rings (SSSR count). The SMILES string of the molecule is CC#CC(=O)N1CCN(S(C)(=O)=O)[C@H](c2cc(Cl)nc(-c3cc(C(=O)NC)ncn3)c2)C1. The first-order valence-corrected chi connectivity index (χ1v) is 11.8. The van der Waals surface area contributed by atoms with Gasteiger partial charge in [-0.2, -0.15) is 4.31 Å². The molecule has 0 radical (unpaired) electrons. The van der Waals surface area contributed by atoms with Crippen molar-refractivity contribution < 1.29 is 18.0 Å². The Hall–Kier alpha value is -3.07. The summed E-state index contributed by atoms with van der Waals surface area (Å²) in [5.74, 6) is 4.29. The van der Waals surface area contributed by atoms with E-state index in [1.165, 1.54) is 28.6 Å². The molecule has 0 bridgehead atoms. The number of carbonyl (C=O) groups is 2. The van der Waals surface area contributed by atoms with E-state index in [1.807, 2.05) is 0 Å². The van der Waals surface area contributed by atoms with Gasteiger partial charge in [0.1, 0.15) is 17.2 Å². The second kappa shape index (κ2) is 9.60. The van der Waals surface area contributed by atoms with Gasteiger partial charge in [0, 0.05) is 26.7 Å². The zero-order valence-corrected chi connectivity index (χ0v) is 19.2. The second-order valence-corrected chi connectivity index (χ2v) is 9.31. The molecule has 2 aromatic heterocycles. The van der Waals surface area contributed by atoms with Crippen molar-refractivity contribution in [3.05, 3.63) is 40.9 Å². The van der Waals surface area contributed by atoms with E-state index in [-0.39, 0.29) is 36.4 Å². The first-order valence-electron chi connectivity index (χ1n) is 9.54. The summed E-state index contributed by atoms with van der Waals surface area (Å²) in [6, 6.07) is 3.96. The summed E-state index contributed by atoms with van der Waals surface area (Å²) < 4.78 is 26.2. The van der Waals surface area contributed by atoms with Crippen molar-refractivity contribution in [1.82, 2.24) is 29.5 Å². The fraction of sp³-hybridized carbons (Fsp3) is 0.350. The van der Waals surface area contributed by atoms with Gasteiger partial charge < -0.3 is 10.2 Å². The van der Waals surface area contributed by atoms with Gasteiger partial charge in [0.05, 0.1) is 23.7 Å². The van der Waals surface area contributed by atoms with Crippen LogP contribution in [0.4, 0.5) is 0 Å². The molecule has 2 aromatic rings. The summed E-state index contributed by atoms with van der Waals surface area (Å²) in [5, 5.41) is 2.60. The standard InChI is InChI=1S/C20H21ClN6O4S/c1-4-5-19(28)26-6-7-27(32(3,30)31)17(11-26)13-8-15(25-18(21)9-13)14-10-16(20(29)22-2)24-12-23-14/h8-10,12,17H,6-7,11H2,1-3H3,(H,22,29)/t17-/m0/s1. The molecule has 1 fully saturated rings. The molecule has 0 saturated carbocycles. The first kappa shape index (κ1) is 23.6. The Balaban J connectivity index is 2.06. The number of piperazine rings is 1. The molecular formula is C20H21ClN6O4S. The number of nitrogens with one attached hydrogen (secondary N) is 1. The third kappa shape index (κ3) is 5.21. The lowest BCUT2D eigenvalue weighted by Crippen LogP contribution is -2.51. The van der Waals surface area contributed by atoms with E-state index in [2.05, 4.69) is 32.1 Å². The molecule has 0 aliphatic carbocycles. The Kier molecular flexibility index (Phi) is 7.08. The number of amides is 2. The number of carbonyl (C=O) groups excluding carboxylic acids is 2. The first-order chi connectivity index (χ1) is 15.1. The van der Waals surface area contributed by atoms with Crippen LogP contribution < -0.4 is 5.32 Å². The third-order valence-corrected chi connectivity index (χ3v) is 6.35. The molecule has 2 amide bonds. The molecule has 0 aromatic carbocycles. The van der Waals surface area contributed by atoms with Crippen molar-refractivity contribution in [3.8, 4) is 23.2 Å². The molecule has 0 spiro atoms. The number of pyridine rings is 1. The van der Waals surface area contributed by atoms with E-state index in [1.54, 1.807) is 19.1 Å². The monoisotopic (exact) mass is 476 g/mol. The molecule has 1 aliphatic rings. The molecule has 168 valence electrons. The van der Waals surface area contributed by atoms with Crippen molar-refractivity contribution in [2.24, 2.45) is 0 Å². The van der Waals surface area contributed by atoms with Gasteiger partial charge in [-0.1, -0.05) is 17.5 Å². The molecule has 1 saturated heterocycles. The quantitative estimate of drug-likeness (QED) is 0.509. The molecule has 10 nitrogen and oxygen atoms in total. The van der Waals surface area contributed by atoms with E-state index in [9.17, 15) is 18.0 Å². The molecule has 12 heteroatoms. The Bertz CT molecular complexity index is 1220. The average molecular weight is 477 g/mol. The minimum absolute atomic E-state index is 0.105. The normalized spacial score (nSPS) is 16.8. The van der Waals surface area contributed by atoms with Crippen molar-refractivity contribution in [1.29, 1.82) is 0 Å². The maximum absolute atomic E-state index is 12.4. The Morgan fingerprint density at radius 2 is 1.94 bits per heavy atom. The van der Waals surface area contributed by atoms with Gasteiger partial charge in [-0.25, -0.2) is 23.4 Å². The fourth-order valence-electron chi connectivity index (χ4n) is 3.40. The Morgan fingerprint density at radius 3 is 2.59 bits per heavy atom. The van der Waals surface area contributed by atoms with Crippen molar-refractivity contribution >= 4 is 33.4 Å². The lowest BCUT2D eigenvalue weighted by Gasteiger charge is -2.39. The summed E-state index contributed by atoms with van der Waals surface area (Å²) >= 11 is 6.25. The molecule has 32 heavy (non-hydrogen) atoms. The second-order valence-electron chi connectivity index (χ2n) is 6.99. The fourth-order valence-corrected chi connectivity index (χ4v) is 4.68. The van der Waals surface area contributed by atoms with Crippen LogP contribution in [0, 0.1) is 11.8 Å². The number of rotatable bonds is 4. The van der Waals surface area contributed by atoms with Crippen LogP contribution in [0.2, 0.25) is 5.15 Å². The molecule has 3 heterocycles. The maximum atomic E-state index is 12.4. The predicted molar refractivity (Wildman–Crippen MR) is 118 cm³/mol. The van der Waals surface area contributed by atoms with Gasteiger partial charge in [-0.3, -0.25) is 9.59 Å². The highest BCUT2D eigenvalue weighted by Crippen LogP contribution is 2.31. The van der Waals surface area contributed by atoms with E-state index in [0.29, 0.717) is 17.0 Å². The van der Waals surface area contributed by atoms with Crippen LogP contribution in [-0.2, 0) is 14.8 Å². The van der Waals surface area contributed by atoms with Crippen LogP contribution >= 0.6 is 11.6 Å². The number of aromatic nitrogens is 3. The van der Waals surface area contributed by atoms with Crippen LogP contribution in [0.1, 0.15) is 29.0 Å². The van der Waals surface area contributed by atoms with E-state index in [4.69, 9.17) is 11.6 Å². The van der Waals surface area contributed by atoms with Crippen LogP contribution in [0.5, 0.6) is 0 Å². The number of sulfonamides is 1. The largest absolute Gasteiger partial charge is 0.354 e. The minimum Gasteiger partial charge on any atom is -0.354 e. The summed E-state index contributed by atoms with van der Waals surface area (Å²) in [7, 11) is -2.09. The van der Waals surface area contributed by atoms with Gasteiger partial charge in [0.25, 0.3) is 11.8 Å². The van der Waals surface area contributed by atoms with Crippen molar-refractivity contribution in [3.63, 3.8) is 0 Å².